The minimum absolute atomic E-state index is 0.121. The summed E-state index contributed by atoms with van der Waals surface area (Å²) >= 11 is 0. The van der Waals surface area contributed by atoms with Gasteiger partial charge in [-0.3, -0.25) is 0 Å². The highest BCUT2D eigenvalue weighted by Crippen LogP contribution is 2.37. The Kier molecular flexibility index (Phi) is 6.88. The molecule has 2 aromatic carbocycles. The van der Waals surface area contributed by atoms with Crippen LogP contribution in [0.2, 0.25) is 0 Å². The lowest BCUT2D eigenvalue weighted by Crippen LogP contribution is -2.63. The van der Waals surface area contributed by atoms with Gasteiger partial charge in [0.2, 0.25) is 5.79 Å². The molecule has 160 valence electrons. The van der Waals surface area contributed by atoms with Crippen LogP contribution in [0.4, 0.5) is 0 Å². The molecule has 0 bridgehead atoms. The van der Waals surface area contributed by atoms with Gasteiger partial charge in [-0.25, -0.2) is 0 Å². The van der Waals surface area contributed by atoms with Gasteiger partial charge in [0.05, 0.1) is 18.2 Å². The zero-order chi connectivity index (χ0) is 21.9. The molecule has 1 fully saturated rings. The van der Waals surface area contributed by atoms with Crippen LogP contribution in [0, 0.1) is 11.3 Å². The number of aryl methyl sites for hydroxylation is 1. The highest BCUT2D eigenvalue weighted by molar-refractivity contribution is 5.44. The van der Waals surface area contributed by atoms with Crippen molar-refractivity contribution in [3.8, 4) is 6.07 Å². The molecule has 5 atom stereocenters. The first-order valence-electron chi connectivity index (χ1n) is 10.0. The number of hydrogen-bond donors (Lipinski definition) is 5. The number of hydrogen-bond acceptors (Lipinski definition) is 7. The van der Waals surface area contributed by atoms with Crippen molar-refractivity contribution in [2.45, 2.75) is 56.4 Å². The molecule has 1 aliphatic rings. The van der Waals surface area contributed by atoms with Crippen LogP contribution in [0.15, 0.2) is 42.5 Å². The van der Waals surface area contributed by atoms with Crippen molar-refractivity contribution in [3.05, 3.63) is 70.3 Å². The summed E-state index contributed by atoms with van der Waals surface area (Å²) in [4.78, 5) is 0. The number of benzene rings is 2. The van der Waals surface area contributed by atoms with Gasteiger partial charge in [0.15, 0.2) is 0 Å². The van der Waals surface area contributed by atoms with Crippen molar-refractivity contribution < 1.29 is 30.3 Å². The van der Waals surface area contributed by atoms with E-state index in [-0.39, 0.29) is 5.56 Å². The molecule has 2 aromatic rings. The first-order valence-corrected chi connectivity index (χ1v) is 10.0. The van der Waals surface area contributed by atoms with Gasteiger partial charge in [0.1, 0.15) is 24.4 Å². The van der Waals surface area contributed by atoms with Crippen molar-refractivity contribution in [2.24, 2.45) is 0 Å². The molecule has 7 nitrogen and oxygen atoms in total. The maximum absolute atomic E-state index is 11.0. The SMILES string of the molecule is CCCc1ccc(Cc2cc([C@@]3(O)O[C@H](CO)[C@@H](O)[C@H](O)[C@H]3O)ccc2C#N)cc1. The van der Waals surface area contributed by atoms with Crippen molar-refractivity contribution in [2.75, 3.05) is 6.61 Å². The molecule has 1 aliphatic heterocycles. The second-order valence-corrected chi connectivity index (χ2v) is 7.69. The molecule has 0 spiro atoms. The van der Waals surface area contributed by atoms with Crippen molar-refractivity contribution in [1.82, 2.24) is 0 Å². The molecule has 0 radical (unpaired) electrons. The van der Waals surface area contributed by atoms with E-state index >= 15 is 0 Å². The van der Waals surface area contributed by atoms with Crippen molar-refractivity contribution in [3.63, 3.8) is 0 Å². The summed E-state index contributed by atoms with van der Waals surface area (Å²) in [7, 11) is 0. The van der Waals surface area contributed by atoms with Crippen LogP contribution in [0.1, 0.15) is 41.2 Å². The first-order chi connectivity index (χ1) is 14.3. The van der Waals surface area contributed by atoms with Crippen LogP contribution in [-0.2, 0) is 23.4 Å². The summed E-state index contributed by atoms with van der Waals surface area (Å²) in [6.45, 7) is 1.46. The lowest BCUT2D eigenvalue weighted by atomic mass is 9.86. The van der Waals surface area contributed by atoms with E-state index in [0.29, 0.717) is 17.5 Å². The van der Waals surface area contributed by atoms with Gasteiger partial charge in [-0.1, -0.05) is 43.7 Å². The molecule has 1 heterocycles. The normalized spacial score (nSPS) is 28.8. The third kappa shape index (κ3) is 4.25. The Morgan fingerprint density at radius 2 is 1.70 bits per heavy atom. The molecule has 5 N–H and O–H groups in total. The van der Waals surface area contributed by atoms with Gasteiger partial charge in [0, 0.05) is 5.56 Å². The first kappa shape index (κ1) is 22.4. The van der Waals surface area contributed by atoms with E-state index < -0.39 is 36.8 Å². The molecule has 0 amide bonds. The van der Waals surface area contributed by atoms with Gasteiger partial charge < -0.3 is 30.3 Å². The molecule has 0 aromatic heterocycles. The van der Waals surface area contributed by atoms with E-state index in [2.05, 4.69) is 13.0 Å². The van der Waals surface area contributed by atoms with E-state index in [1.165, 1.54) is 17.7 Å². The number of rotatable bonds is 6. The fraction of sp³-hybridized carbons (Fsp3) is 0.435. The van der Waals surface area contributed by atoms with Gasteiger partial charge in [-0.2, -0.15) is 5.26 Å². The van der Waals surface area contributed by atoms with E-state index in [9.17, 15) is 30.8 Å². The summed E-state index contributed by atoms with van der Waals surface area (Å²) in [6, 6.07) is 14.7. The standard InChI is InChI=1S/C23H27NO6/c1-2-3-14-4-6-15(7-5-14)10-17-11-18(9-8-16(17)12-24)23(29)22(28)21(27)20(26)19(13-25)30-23/h4-9,11,19-22,25-29H,2-3,10,13H2,1H3/t19-,20-,21+,22-,23-/m1/s1. The number of aliphatic hydroxyl groups is 5. The molecule has 30 heavy (non-hydrogen) atoms. The Hall–Kier alpha value is -2.31. The third-order valence-electron chi connectivity index (χ3n) is 5.56. The molecule has 1 saturated heterocycles. The molecule has 0 unspecified atom stereocenters. The smallest absolute Gasteiger partial charge is 0.222 e. The second-order valence-electron chi connectivity index (χ2n) is 7.69. The van der Waals surface area contributed by atoms with Gasteiger partial charge in [-0.05, 0) is 41.7 Å². The fourth-order valence-electron chi connectivity index (χ4n) is 3.80. The molecule has 0 saturated carbocycles. The minimum Gasteiger partial charge on any atom is -0.394 e. The van der Waals surface area contributed by atoms with Crippen LogP contribution in [-0.4, -0.2) is 56.6 Å². The van der Waals surface area contributed by atoms with E-state index in [1.807, 2.05) is 24.3 Å². The van der Waals surface area contributed by atoms with E-state index in [4.69, 9.17) is 4.74 Å². The van der Waals surface area contributed by atoms with Gasteiger partial charge in [-0.15, -0.1) is 0 Å². The molecular formula is C23H27NO6. The summed E-state index contributed by atoms with van der Waals surface area (Å²) in [5, 5.41) is 60.3. The second kappa shape index (κ2) is 9.23. The lowest BCUT2D eigenvalue weighted by Gasteiger charge is -2.45. The molecule has 3 rings (SSSR count). The predicted octanol–water partition coefficient (Wildman–Crippen LogP) is 0.720. The van der Waals surface area contributed by atoms with Crippen LogP contribution >= 0.6 is 0 Å². The Morgan fingerprint density at radius 1 is 1.03 bits per heavy atom. The highest BCUT2D eigenvalue weighted by atomic mass is 16.7. The quantitative estimate of drug-likeness (QED) is 0.471. The van der Waals surface area contributed by atoms with Crippen LogP contribution < -0.4 is 0 Å². The number of nitrogens with zero attached hydrogens (tertiary/aromatic N) is 1. The average molecular weight is 413 g/mol. The van der Waals surface area contributed by atoms with Gasteiger partial charge in [0.25, 0.3) is 0 Å². The zero-order valence-corrected chi connectivity index (χ0v) is 16.8. The van der Waals surface area contributed by atoms with Crippen LogP contribution in [0.25, 0.3) is 0 Å². The average Bonchev–Trinajstić information content (AvgIpc) is 2.76. The maximum Gasteiger partial charge on any atom is 0.222 e. The van der Waals surface area contributed by atoms with Crippen LogP contribution in [0.5, 0.6) is 0 Å². The molecule has 0 aliphatic carbocycles. The molecule has 7 heteroatoms. The summed E-state index contributed by atoms with van der Waals surface area (Å²) in [5.74, 6) is -2.35. The third-order valence-corrected chi connectivity index (χ3v) is 5.56. The van der Waals surface area contributed by atoms with Gasteiger partial charge >= 0.3 is 0 Å². The Labute approximate surface area is 175 Å². The number of aliphatic hydroxyl groups excluding tert-OH is 4. The van der Waals surface area contributed by atoms with E-state index in [1.54, 1.807) is 6.07 Å². The Balaban J connectivity index is 1.94. The fourth-order valence-corrected chi connectivity index (χ4v) is 3.80. The summed E-state index contributed by atoms with van der Waals surface area (Å²) in [6.07, 6.45) is -3.93. The minimum atomic E-state index is -2.35. The van der Waals surface area contributed by atoms with Crippen molar-refractivity contribution in [1.29, 1.82) is 5.26 Å². The summed E-state index contributed by atoms with van der Waals surface area (Å²) in [5.41, 5.74) is 3.35. The zero-order valence-electron chi connectivity index (χ0n) is 16.8. The Bertz CT molecular complexity index is 907. The van der Waals surface area contributed by atoms with Crippen LogP contribution in [0.3, 0.4) is 0 Å². The molecular weight excluding hydrogens is 386 g/mol. The largest absolute Gasteiger partial charge is 0.394 e. The number of nitriles is 1. The highest BCUT2D eigenvalue weighted by Gasteiger charge is 2.53. The monoisotopic (exact) mass is 413 g/mol. The van der Waals surface area contributed by atoms with E-state index in [0.717, 1.165) is 18.4 Å². The summed E-state index contributed by atoms with van der Waals surface area (Å²) < 4.78 is 5.39. The number of ether oxygens (including phenoxy) is 1. The Morgan fingerprint density at radius 3 is 2.30 bits per heavy atom. The predicted molar refractivity (Wildman–Crippen MR) is 108 cm³/mol. The van der Waals surface area contributed by atoms with Crippen molar-refractivity contribution >= 4 is 0 Å². The topological polar surface area (TPSA) is 134 Å². The maximum atomic E-state index is 11.0. The lowest BCUT2D eigenvalue weighted by molar-refractivity contribution is -0.357.